The second-order valence-corrected chi connectivity index (χ2v) is 5.36. The van der Waals surface area contributed by atoms with Gasteiger partial charge in [-0.25, -0.2) is 0 Å². The summed E-state index contributed by atoms with van der Waals surface area (Å²) in [6, 6.07) is 13.9. The van der Waals surface area contributed by atoms with Crippen molar-refractivity contribution in [3.8, 4) is 5.75 Å². The van der Waals surface area contributed by atoms with Crippen molar-refractivity contribution >= 4 is 33.8 Å². The summed E-state index contributed by atoms with van der Waals surface area (Å²) in [6.45, 7) is 1.67. The molecule has 1 amide bonds. The lowest BCUT2D eigenvalue weighted by Gasteiger charge is -2.14. The Hall–Kier alpha value is -2.14. The number of carbonyl (C=O) groups is 2. The summed E-state index contributed by atoms with van der Waals surface area (Å²) in [4.78, 5) is 22.6. The molecule has 1 N–H and O–H groups in total. The monoisotopic (exact) mass is 347 g/mol. The zero-order valence-electron chi connectivity index (χ0n) is 11.4. The van der Waals surface area contributed by atoms with Crippen LogP contribution >= 0.6 is 15.9 Å². The fourth-order valence-electron chi connectivity index (χ4n) is 1.66. The maximum Gasteiger partial charge on any atom is 0.265 e. The summed E-state index contributed by atoms with van der Waals surface area (Å²) in [6.07, 6.45) is 0.115. The van der Waals surface area contributed by atoms with E-state index in [0.717, 1.165) is 10.8 Å². The van der Waals surface area contributed by atoms with Gasteiger partial charge in [0.2, 0.25) is 0 Å². The number of amides is 1. The van der Waals surface area contributed by atoms with E-state index in [4.69, 9.17) is 4.74 Å². The van der Waals surface area contributed by atoms with Crippen molar-refractivity contribution in [2.45, 2.75) is 13.0 Å². The first-order valence-electron chi connectivity index (χ1n) is 6.37. The summed E-state index contributed by atoms with van der Waals surface area (Å²) >= 11 is 3.33. The standard InChI is InChI=1S/C16H14BrNO3/c1-11(21-15-8-2-12(10-19)3-9-15)16(20)18-14-6-4-13(17)5-7-14/h2-11H,1H3,(H,18,20). The minimum atomic E-state index is -0.643. The zero-order chi connectivity index (χ0) is 15.2. The predicted octanol–water partition coefficient (Wildman–Crippen LogP) is 3.67. The van der Waals surface area contributed by atoms with Crippen LogP contribution in [0.15, 0.2) is 53.0 Å². The van der Waals surface area contributed by atoms with Crippen molar-refractivity contribution in [1.82, 2.24) is 0 Å². The number of carbonyl (C=O) groups excluding carboxylic acids is 2. The Kier molecular flexibility index (Phi) is 5.11. The molecule has 0 aliphatic heterocycles. The van der Waals surface area contributed by atoms with Gasteiger partial charge < -0.3 is 10.1 Å². The minimum Gasteiger partial charge on any atom is -0.481 e. The molecule has 0 radical (unpaired) electrons. The highest BCUT2D eigenvalue weighted by Gasteiger charge is 2.14. The number of halogens is 1. The van der Waals surface area contributed by atoms with E-state index in [2.05, 4.69) is 21.2 Å². The van der Waals surface area contributed by atoms with Gasteiger partial charge >= 0.3 is 0 Å². The van der Waals surface area contributed by atoms with E-state index in [1.807, 2.05) is 12.1 Å². The van der Waals surface area contributed by atoms with Crippen LogP contribution in [0.5, 0.6) is 5.75 Å². The second kappa shape index (κ2) is 7.04. The van der Waals surface area contributed by atoms with Crippen molar-refractivity contribution in [2.75, 3.05) is 5.32 Å². The largest absolute Gasteiger partial charge is 0.481 e. The first-order chi connectivity index (χ1) is 10.1. The van der Waals surface area contributed by atoms with E-state index in [9.17, 15) is 9.59 Å². The van der Waals surface area contributed by atoms with Gasteiger partial charge in [-0.15, -0.1) is 0 Å². The molecule has 2 rings (SSSR count). The normalized spacial score (nSPS) is 11.5. The lowest BCUT2D eigenvalue weighted by atomic mass is 10.2. The summed E-state index contributed by atoms with van der Waals surface area (Å²) < 4.78 is 6.48. The molecule has 5 heteroatoms. The molecule has 0 saturated heterocycles. The third-order valence-electron chi connectivity index (χ3n) is 2.81. The Morgan fingerprint density at radius 2 is 1.76 bits per heavy atom. The Bertz CT molecular complexity index is 623. The van der Waals surface area contributed by atoms with Gasteiger partial charge in [0.1, 0.15) is 12.0 Å². The molecule has 0 heterocycles. The van der Waals surface area contributed by atoms with Crippen LogP contribution in [-0.2, 0) is 4.79 Å². The third kappa shape index (κ3) is 4.43. The van der Waals surface area contributed by atoms with Gasteiger partial charge in [0, 0.05) is 15.7 Å². The highest BCUT2D eigenvalue weighted by Crippen LogP contribution is 2.16. The van der Waals surface area contributed by atoms with Crippen LogP contribution in [-0.4, -0.2) is 18.3 Å². The molecule has 0 aliphatic rings. The van der Waals surface area contributed by atoms with E-state index in [1.165, 1.54) is 0 Å². The van der Waals surface area contributed by atoms with Crippen LogP contribution in [0.3, 0.4) is 0 Å². The predicted molar refractivity (Wildman–Crippen MR) is 84.7 cm³/mol. The molecule has 0 saturated carbocycles. The fraction of sp³-hybridized carbons (Fsp3) is 0.125. The molecular formula is C16H14BrNO3. The summed E-state index contributed by atoms with van der Waals surface area (Å²) in [5, 5.41) is 2.77. The summed E-state index contributed by atoms with van der Waals surface area (Å²) in [5.74, 6) is 0.302. The number of hydrogen-bond donors (Lipinski definition) is 1. The van der Waals surface area contributed by atoms with E-state index >= 15 is 0 Å². The topological polar surface area (TPSA) is 55.4 Å². The molecule has 0 aliphatic carbocycles. The number of hydrogen-bond acceptors (Lipinski definition) is 3. The number of rotatable bonds is 5. The van der Waals surface area contributed by atoms with Crippen molar-refractivity contribution in [3.05, 3.63) is 58.6 Å². The van der Waals surface area contributed by atoms with Gasteiger partial charge in [0.15, 0.2) is 6.10 Å². The first-order valence-corrected chi connectivity index (χ1v) is 7.16. The number of anilines is 1. The third-order valence-corrected chi connectivity index (χ3v) is 3.34. The molecular weight excluding hydrogens is 334 g/mol. The molecule has 108 valence electrons. The number of nitrogens with one attached hydrogen (secondary N) is 1. The van der Waals surface area contributed by atoms with E-state index < -0.39 is 6.10 Å². The lowest BCUT2D eigenvalue weighted by Crippen LogP contribution is -2.30. The van der Waals surface area contributed by atoms with Gasteiger partial charge in [-0.2, -0.15) is 0 Å². The van der Waals surface area contributed by atoms with Crippen molar-refractivity contribution in [1.29, 1.82) is 0 Å². The molecule has 2 aromatic rings. The van der Waals surface area contributed by atoms with Gasteiger partial charge in [0.05, 0.1) is 0 Å². The van der Waals surface area contributed by atoms with Crippen LogP contribution < -0.4 is 10.1 Å². The molecule has 4 nitrogen and oxygen atoms in total. The highest BCUT2D eigenvalue weighted by atomic mass is 79.9. The van der Waals surface area contributed by atoms with E-state index in [-0.39, 0.29) is 5.91 Å². The van der Waals surface area contributed by atoms with Crippen molar-refractivity contribution in [2.24, 2.45) is 0 Å². The van der Waals surface area contributed by atoms with Crippen LogP contribution in [0.4, 0.5) is 5.69 Å². The van der Waals surface area contributed by atoms with E-state index in [1.54, 1.807) is 43.3 Å². The molecule has 0 fully saturated rings. The number of ether oxygens (including phenoxy) is 1. The maximum atomic E-state index is 12.0. The van der Waals surface area contributed by atoms with Crippen LogP contribution in [0.2, 0.25) is 0 Å². The molecule has 0 spiro atoms. The van der Waals surface area contributed by atoms with Crippen LogP contribution in [0.25, 0.3) is 0 Å². The van der Waals surface area contributed by atoms with Crippen LogP contribution in [0, 0.1) is 0 Å². The average molecular weight is 348 g/mol. The Morgan fingerprint density at radius 3 is 2.33 bits per heavy atom. The molecule has 21 heavy (non-hydrogen) atoms. The minimum absolute atomic E-state index is 0.239. The molecule has 0 bridgehead atoms. The quantitative estimate of drug-likeness (QED) is 0.839. The summed E-state index contributed by atoms with van der Waals surface area (Å²) in [7, 11) is 0. The smallest absolute Gasteiger partial charge is 0.265 e. The van der Waals surface area contributed by atoms with E-state index in [0.29, 0.717) is 17.0 Å². The highest BCUT2D eigenvalue weighted by molar-refractivity contribution is 9.10. The van der Waals surface area contributed by atoms with Crippen LogP contribution in [0.1, 0.15) is 17.3 Å². The Labute approximate surface area is 131 Å². The fourth-order valence-corrected chi connectivity index (χ4v) is 1.92. The van der Waals surface area contributed by atoms with Gasteiger partial charge in [-0.05, 0) is 55.5 Å². The summed E-state index contributed by atoms with van der Waals surface area (Å²) in [5.41, 5.74) is 1.27. The first kappa shape index (κ1) is 15.3. The zero-order valence-corrected chi connectivity index (χ0v) is 13.0. The van der Waals surface area contributed by atoms with Gasteiger partial charge in [-0.3, -0.25) is 9.59 Å². The molecule has 1 atom stereocenters. The SMILES string of the molecule is CC(Oc1ccc(C=O)cc1)C(=O)Nc1ccc(Br)cc1. The molecule has 0 aromatic heterocycles. The number of aldehydes is 1. The Morgan fingerprint density at radius 1 is 1.14 bits per heavy atom. The van der Waals surface area contributed by atoms with Gasteiger partial charge in [-0.1, -0.05) is 15.9 Å². The molecule has 1 unspecified atom stereocenters. The van der Waals surface area contributed by atoms with Gasteiger partial charge in [0.25, 0.3) is 5.91 Å². The number of benzene rings is 2. The lowest BCUT2D eigenvalue weighted by molar-refractivity contribution is -0.122. The average Bonchev–Trinajstić information content (AvgIpc) is 2.50. The maximum absolute atomic E-state index is 12.0. The van der Waals surface area contributed by atoms with Crippen molar-refractivity contribution in [3.63, 3.8) is 0 Å². The second-order valence-electron chi connectivity index (χ2n) is 4.44. The molecule has 2 aromatic carbocycles. The van der Waals surface area contributed by atoms with Crippen molar-refractivity contribution < 1.29 is 14.3 Å². The Balaban J connectivity index is 1.95.